The maximum atomic E-state index is 11.3. The molecule has 18 heavy (non-hydrogen) atoms. The van der Waals surface area contributed by atoms with Gasteiger partial charge in [-0.25, -0.2) is 4.79 Å². The van der Waals surface area contributed by atoms with Crippen molar-refractivity contribution in [3.8, 4) is 0 Å². The van der Waals surface area contributed by atoms with E-state index in [0.717, 1.165) is 0 Å². The topological polar surface area (TPSA) is 81.7 Å². The number of methoxy groups -OCH3 is 2. The van der Waals surface area contributed by atoms with Crippen molar-refractivity contribution in [2.75, 3.05) is 25.7 Å². The maximum Gasteiger partial charge on any atom is 0.329 e. The van der Waals surface area contributed by atoms with Gasteiger partial charge in [0.15, 0.2) is 0 Å². The van der Waals surface area contributed by atoms with Crippen LogP contribution in [0.5, 0.6) is 0 Å². The minimum Gasteiger partial charge on any atom is -0.469 e. The van der Waals surface area contributed by atoms with Crippen LogP contribution in [0.4, 0.5) is 0 Å². The fraction of sp³-hybridized carbons (Fsp3) is 0.700. The Kier molecular flexibility index (Phi) is 9.57. The standard InChI is InChI=1S/C10H17NO5S2/c1-7(12)11-8(10(14)16-3)6-18-17-5-4-9(13)15-2/h8H,4-6H2,1-3H3,(H,11,12)/t8-/m0/s1. The second kappa shape index (κ2) is 10.1. The Labute approximate surface area is 114 Å². The van der Waals surface area contributed by atoms with E-state index in [1.807, 2.05) is 0 Å². The van der Waals surface area contributed by atoms with Gasteiger partial charge in [-0.05, 0) is 0 Å². The van der Waals surface area contributed by atoms with E-state index >= 15 is 0 Å². The third-order valence-corrected chi connectivity index (χ3v) is 4.21. The van der Waals surface area contributed by atoms with Gasteiger partial charge in [0.2, 0.25) is 5.91 Å². The molecule has 0 unspecified atom stereocenters. The molecule has 0 radical (unpaired) electrons. The third kappa shape index (κ3) is 8.24. The van der Waals surface area contributed by atoms with Crippen molar-refractivity contribution in [1.82, 2.24) is 5.32 Å². The zero-order valence-corrected chi connectivity index (χ0v) is 12.2. The molecule has 0 saturated heterocycles. The average molecular weight is 295 g/mol. The Morgan fingerprint density at radius 2 is 1.83 bits per heavy atom. The number of carbonyl (C=O) groups is 3. The van der Waals surface area contributed by atoms with Crippen LogP contribution in [0, 0.1) is 0 Å². The molecular weight excluding hydrogens is 278 g/mol. The molecule has 0 spiro atoms. The van der Waals surface area contributed by atoms with Gasteiger partial charge in [-0.3, -0.25) is 9.59 Å². The Morgan fingerprint density at radius 3 is 2.33 bits per heavy atom. The number of amides is 1. The molecule has 8 heteroatoms. The number of hydrogen-bond acceptors (Lipinski definition) is 7. The lowest BCUT2D eigenvalue weighted by Crippen LogP contribution is -2.42. The summed E-state index contributed by atoms with van der Waals surface area (Å²) in [4.78, 5) is 33.1. The molecular formula is C10H17NO5S2. The normalized spacial score (nSPS) is 11.5. The van der Waals surface area contributed by atoms with Gasteiger partial charge < -0.3 is 14.8 Å². The highest BCUT2D eigenvalue weighted by atomic mass is 33.1. The molecule has 0 fully saturated rings. The van der Waals surface area contributed by atoms with Crippen molar-refractivity contribution in [2.24, 2.45) is 0 Å². The van der Waals surface area contributed by atoms with Gasteiger partial charge in [-0.2, -0.15) is 0 Å². The maximum absolute atomic E-state index is 11.3. The van der Waals surface area contributed by atoms with Crippen LogP contribution in [0.3, 0.4) is 0 Å². The van der Waals surface area contributed by atoms with Crippen LogP contribution in [0.15, 0.2) is 0 Å². The molecule has 0 aromatic carbocycles. The van der Waals surface area contributed by atoms with Crippen LogP contribution in [0.25, 0.3) is 0 Å². The van der Waals surface area contributed by atoms with Crippen LogP contribution in [0.1, 0.15) is 13.3 Å². The molecule has 0 saturated carbocycles. The van der Waals surface area contributed by atoms with Crippen LogP contribution >= 0.6 is 21.6 Å². The summed E-state index contributed by atoms with van der Waals surface area (Å²) in [6.07, 6.45) is 0.317. The van der Waals surface area contributed by atoms with Crippen LogP contribution in [-0.4, -0.2) is 49.6 Å². The van der Waals surface area contributed by atoms with Gasteiger partial charge in [0.05, 0.1) is 20.6 Å². The molecule has 0 aliphatic heterocycles. The minimum atomic E-state index is -0.664. The van der Waals surface area contributed by atoms with E-state index in [1.54, 1.807) is 0 Å². The first kappa shape index (κ1) is 17.1. The highest BCUT2D eigenvalue weighted by Gasteiger charge is 2.20. The molecule has 0 rings (SSSR count). The minimum absolute atomic E-state index is 0.269. The summed E-state index contributed by atoms with van der Waals surface area (Å²) in [5, 5.41) is 2.50. The predicted molar refractivity (Wildman–Crippen MR) is 71.2 cm³/mol. The Morgan fingerprint density at radius 1 is 1.17 bits per heavy atom. The van der Waals surface area contributed by atoms with Crippen LogP contribution in [-0.2, 0) is 23.9 Å². The van der Waals surface area contributed by atoms with Gasteiger partial charge in [-0.1, -0.05) is 21.6 Å². The third-order valence-electron chi connectivity index (χ3n) is 1.80. The lowest BCUT2D eigenvalue weighted by molar-refractivity contribution is -0.144. The molecule has 0 aliphatic carbocycles. The molecule has 1 atom stereocenters. The molecule has 1 N–H and O–H groups in total. The Balaban J connectivity index is 3.86. The van der Waals surface area contributed by atoms with Crippen molar-refractivity contribution >= 4 is 39.4 Å². The first-order chi connectivity index (χ1) is 8.51. The second-order valence-corrected chi connectivity index (χ2v) is 5.84. The number of ether oxygens (including phenoxy) is 2. The lowest BCUT2D eigenvalue weighted by atomic mass is 10.3. The zero-order chi connectivity index (χ0) is 14.0. The molecule has 0 aromatic heterocycles. The lowest BCUT2D eigenvalue weighted by Gasteiger charge is -2.14. The first-order valence-electron chi connectivity index (χ1n) is 5.17. The highest BCUT2D eigenvalue weighted by Crippen LogP contribution is 2.23. The van der Waals surface area contributed by atoms with Crippen molar-refractivity contribution in [3.05, 3.63) is 0 Å². The summed E-state index contributed by atoms with van der Waals surface area (Å²) >= 11 is 0. The van der Waals surface area contributed by atoms with Crippen molar-refractivity contribution < 1.29 is 23.9 Å². The summed E-state index contributed by atoms with van der Waals surface area (Å²) in [5.74, 6) is -0.0602. The molecule has 0 aromatic rings. The van der Waals surface area contributed by atoms with Gasteiger partial charge in [0.1, 0.15) is 6.04 Å². The smallest absolute Gasteiger partial charge is 0.329 e. The quantitative estimate of drug-likeness (QED) is 0.399. The van der Waals surface area contributed by atoms with Gasteiger partial charge >= 0.3 is 11.9 Å². The molecule has 1 amide bonds. The summed E-state index contributed by atoms with van der Waals surface area (Å²) in [7, 11) is 5.44. The Bertz CT molecular complexity index is 298. The van der Waals surface area contributed by atoms with E-state index in [-0.39, 0.29) is 11.9 Å². The van der Waals surface area contributed by atoms with Gasteiger partial charge in [0.25, 0.3) is 0 Å². The largest absolute Gasteiger partial charge is 0.469 e. The van der Waals surface area contributed by atoms with E-state index in [1.165, 1.54) is 42.7 Å². The van der Waals surface area contributed by atoms with E-state index in [9.17, 15) is 14.4 Å². The number of carbonyl (C=O) groups excluding carboxylic acids is 3. The summed E-state index contributed by atoms with van der Waals surface area (Å²) in [5.41, 5.74) is 0. The van der Waals surface area contributed by atoms with Crippen molar-refractivity contribution in [1.29, 1.82) is 0 Å². The summed E-state index contributed by atoms with van der Waals surface area (Å²) in [6.45, 7) is 1.34. The highest BCUT2D eigenvalue weighted by molar-refractivity contribution is 8.76. The molecule has 0 heterocycles. The predicted octanol–water partition coefficient (Wildman–Crippen LogP) is 0.609. The molecule has 0 bridgehead atoms. The SMILES string of the molecule is COC(=O)CCSSC[C@H](NC(C)=O)C(=O)OC. The summed E-state index contributed by atoms with van der Waals surface area (Å²) in [6, 6.07) is -0.664. The fourth-order valence-corrected chi connectivity index (χ4v) is 3.08. The first-order valence-corrected chi connectivity index (χ1v) is 7.66. The van der Waals surface area contributed by atoms with Crippen LogP contribution in [0.2, 0.25) is 0 Å². The van der Waals surface area contributed by atoms with Gasteiger partial charge in [-0.15, -0.1) is 0 Å². The summed E-state index contributed by atoms with van der Waals surface area (Å²) < 4.78 is 9.07. The van der Waals surface area contributed by atoms with E-state index in [0.29, 0.717) is 17.9 Å². The number of esters is 2. The number of rotatable bonds is 8. The van der Waals surface area contributed by atoms with Crippen molar-refractivity contribution in [2.45, 2.75) is 19.4 Å². The monoisotopic (exact) mass is 295 g/mol. The second-order valence-electron chi connectivity index (χ2n) is 3.21. The molecule has 6 nitrogen and oxygen atoms in total. The number of nitrogens with one attached hydrogen (secondary N) is 1. The van der Waals surface area contributed by atoms with E-state index < -0.39 is 12.0 Å². The zero-order valence-electron chi connectivity index (χ0n) is 10.6. The van der Waals surface area contributed by atoms with E-state index in [4.69, 9.17) is 0 Å². The average Bonchev–Trinajstić information content (AvgIpc) is 2.35. The van der Waals surface area contributed by atoms with E-state index in [2.05, 4.69) is 14.8 Å². The molecule has 104 valence electrons. The fourth-order valence-electron chi connectivity index (χ4n) is 0.958. The van der Waals surface area contributed by atoms with Crippen LogP contribution < -0.4 is 5.32 Å². The molecule has 0 aliphatic rings. The van der Waals surface area contributed by atoms with Crippen molar-refractivity contribution in [3.63, 3.8) is 0 Å². The Hall–Kier alpha value is -0.890. The van der Waals surface area contributed by atoms with Gasteiger partial charge in [0, 0.05) is 18.4 Å². The number of hydrogen-bond donors (Lipinski definition) is 1.